The highest BCUT2D eigenvalue weighted by Gasteiger charge is 2.15. The highest BCUT2D eigenvalue weighted by atomic mass is 32.1. The molecule has 1 N–H and O–H groups in total. The number of aryl methyl sites for hydroxylation is 1. The fourth-order valence-corrected chi connectivity index (χ4v) is 2.83. The number of rotatable bonds is 5. The first kappa shape index (κ1) is 14.6. The summed E-state index contributed by atoms with van der Waals surface area (Å²) in [7, 11) is 0. The first-order valence-corrected chi connectivity index (χ1v) is 7.01. The summed E-state index contributed by atoms with van der Waals surface area (Å²) in [4.78, 5) is 12.8. The van der Waals surface area contributed by atoms with Crippen molar-refractivity contribution < 1.29 is 9.31 Å². The number of halogens is 1. The molecule has 1 unspecified atom stereocenters. The Morgan fingerprint density at radius 1 is 1.40 bits per heavy atom. The van der Waals surface area contributed by atoms with E-state index in [0.29, 0.717) is 5.56 Å². The maximum atomic E-state index is 13.2. The summed E-state index contributed by atoms with van der Waals surface area (Å²) in [5.74, 6) is -0.466. The highest BCUT2D eigenvalue weighted by Crippen LogP contribution is 2.24. The fraction of sp³-hybridized carbons (Fsp3) is 0.286. The lowest BCUT2D eigenvalue weighted by Crippen LogP contribution is -2.18. The van der Waals surface area contributed by atoms with Crippen molar-refractivity contribution in [3.63, 3.8) is 0 Å². The SMILES string of the molecule is Cc1ccc(C(C)NCc2cc(F)ccc2[N+](=O)[O-])s1. The predicted molar refractivity (Wildman–Crippen MR) is 77.4 cm³/mol. The molecule has 0 amide bonds. The number of nitrogens with one attached hydrogen (secondary N) is 1. The molecule has 0 fully saturated rings. The lowest BCUT2D eigenvalue weighted by Gasteiger charge is -2.12. The second kappa shape index (κ2) is 6.11. The minimum atomic E-state index is -0.490. The van der Waals surface area contributed by atoms with Crippen molar-refractivity contribution in [1.29, 1.82) is 0 Å². The number of nitro groups is 1. The monoisotopic (exact) mass is 294 g/mol. The summed E-state index contributed by atoms with van der Waals surface area (Å²) < 4.78 is 13.2. The van der Waals surface area contributed by atoms with Gasteiger partial charge in [-0.2, -0.15) is 0 Å². The van der Waals surface area contributed by atoms with Crippen LogP contribution in [0.15, 0.2) is 30.3 Å². The van der Waals surface area contributed by atoms with Crippen molar-refractivity contribution in [1.82, 2.24) is 5.32 Å². The largest absolute Gasteiger partial charge is 0.305 e. The van der Waals surface area contributed by atoms with Crippen LogP contribution in [0.25, 0.3) is 0 Å². The van der Waals surface area contributed by atoms with E-state index in [1.807, 2.05) is 26.0 Å². The number of hydrogen-bond acceptors (Lipinski definition) is 4. The molecule has 0 aliphatic carbocycles. The molecular formula is C14H15FN2O2S. The Labute approximate surface area is 120 Å². The van der Waals surface area contributed by atoms with Gasteiger partial charge in [-0.25, -0.2) is 4.39 Å². The molecule has 0 saturated heterocycles. The van der Waals surface area contributed by atoms with Gasteiger partial charge in [-0.1, -0.05) is 0 Å². The van der Waals surface area contributed by atoms with Crippen LogP contribution in [0.5, 0.6) is 0 Å². The highest BCUT2D eigenvalue weighted by molar-refractivity contribution is 7.12. The Kier molecular flexibility index (Phi) is 4.46. The summed E-state index contributed by atoms with van der Waals surface area (Å²) in [6, 6.07) is 7.63. The Morgan fingerprint density at radius 2 is 2.15 bits per heavy atom. The molecule has 6 heteroatoms. The molecule has 0 bridgehead atoms. The lowest BCUT2D eigenvalue weighted by molar-refractivity contribution is -0.385. The molecule has 0 aliphatic rings. The second-order valence-electron chi connectivity index (χ2n) is 4.58. The molecule has 2 rings (SSSR count). The van der Waals surface area contributed by atoms with Crippen LogP contribution in [0, 0.1) is 22.9 Å². The van der Waals surface area contributed by atoms with E-state index in [1.165, 1.54) is 17.0 Å². The van der Waals surface area contributed by atoms with Crippen LogP contribution in [-0.2, 0) is 6.54 Å². The van der Waals surface area contributed by atoms with Gasteiger partial charge in [-0.05, 0) is 38.1 Å². The standard InChI is InChI=1S/C14H15FN2O2S/c1-9-3-6-14(20-9)10(2)16-8-11-7-12(15)4-5-13(11)17(18)19/h3-7,10,16H,8H2,1-2H3. The van der Waals surface area contributed by atoms with Crippen LogP contribution in [0.2, 0.25) is 0 Å². The van der Waals surface area contributed by atoms with Gasteiger partial charge < -0.3 is 5.32 Å². The molecular weight excluding hydrogens is 279 g/mol. The molecule has 0 aliphatic heterocycles. The zero-order valence-corrected chi connectivity index (χ0v) is 12.0. The third-order valence-electron chi connectivity index (χ3n) is 3.02. The quantitative estimate of drug-likeness (QED) is 0.671. The van der Waals surface area contributed by atoms with Crippen LogP contribution in [0.3, 0.4) is 0 Å². The van der Waals surface area contributed by atoms with Crippen LogP contribution in [0.1, 0.15) is 28.3 Å². The van der Waals surface area contributed by atoms with E-state index in [2.05, 4.69) is 5.32 Å². The van der Waals surface area contributed by atoms with Gasteiger partial charge in [0, 0.05) is 34.0 Å². The molecule has 106 valence electrons. The molecule has 0 radical (unpaired) electrons. The molecule has 0 spiro atoms. The van der Waals surface area contributed by atoms with Gasteiger partial charge >= 0.3 is 0 Å². The Balaban J connectivity index is 2.10. The van der Waals surface area contributed by atoms with E-state index in [4.69, 9.17) is 0 Å². The van der Waals surface area contributed by atoms with E-state index in [-0.39, 0.29) is 18.3 Å². The van der Waals surface area contributed by atoms with E-state index in [0.717, 1.165) is 10.9 Å². The van der Waals surface area contributed by atoms with Gasteiger partial charge in [0.05, 0.1) is 4.92 Å². The van der Waals surface area contributed by atoms with E-state index in [1.54, 1.807) is 11.3 Å². The van der Waals surface area contributed by atoms with Crippen molar-refractivity contribution in [3.8, 4) is 0 Å². The zero-order valence-electron chi connectivity index (χ0n) is 11.2. The normalized spacial score (nSPS) is 12.3. The molecule has 1 heterocycles. The fourth-order valence-electron chi connectivity index (χ4n) is 1.92. The van der Waals surface area contributed by atoms with Crippen molar-refractivity contribution >= 4 is 17.0 Å². The molecule has 20 heavy (non-hydrogen) atoms. The minimum Gasteiger partial charge on any atom is -0.305 e. The third kappa shape index (κ3) is 3.40. The van der Waals surface area contributed by atoms with Crippen LogP contribution in [-0.4, -0.2) is 4.92 Å². The van der Waals surface area contributed by atoms with Crippen LogP contribution in [0.4, 0.5) is 10.1 Å². The van der Waals surface area contributed by atoms with Gasteiger partial charge in [-0.15, -0.1) is 11.3 Å². The number of nitrogens with zero attached hydrogens (tertiary/aromatic N) is 1. The van der Waals surface area contributed by atoms with Gasteiger partial charge in [0.1, 0.15) is 5.82 Å². The van der Waals surface area contributed by atoms with E-state index >= 15 is 0 Å². The summed E-state index contributed by atoms with van der Waals surface area (Å²) in [5.41, 5.74) is 0.295. The van der Waals surface area contributed by atoms with Crippen LogP contribution >= 0.6 is 11.3 Å². The average molecular weight is 294 g/mol. The first-order chi connectivity index (χ1) is 9.47. The van der Waals surface area contributed by atoms with E-state index in [9.17, 15) is 14.5 Å². The Morgan fingerprint density at radius 3 is 2.75 bits per heavy atom. The number of benzene rings is 1. The maximum Gasteiger partial charge on any atom is 0.274 e. The lowest BCUT2D eigenvalue weighted by atomic mass is 10.1. The number of thiophene rings is 1. The molecule has 2 aromatic rings. The molecule has 1 atom stereocenters. The van der Waals surface area contributed by atoms with Gasteiger partial charge in [0.25, 0.3) is 5.69 Å². The summed E-state index contributed by atoms with van der Waals surface area (Å²) in [6.07, 6.45) is 0. The van der Waals surface area contributed by atoms with Gasteiger partial charge in [0.15, 0.2) is 0 Å². The van der Waals surface area contributed by atoms with Crippen LogP contribution < -0.4 is 5.32 Å². The third-order valence-corrected chi connectivity index (χ3v) is 4.21. The molecule has 1 aromatic heterocycles. The molecule has 1 aromatic carbocycles. The summed E-state index contributed by atoms with van der Waals surface area (Å²) in [5, 5.41) is 14.1. The van der Waals surface area contributed by atoms with Gasteiger partial charge in [-0.3, -0.25) is 10.1 Å². The topological polar surface area (TPSA) is 55.2 Å². The van der Waals surface area contributed by atoms with Crippen molar-refractivity contribution in [2.75, 3.05) is 0 Å². The minimum absolute atomic E-state index is 0.0616. The average Bonchev–Trinajstić information content (AvgIpc) is 2.82. The van der Waals surface area contributed by atoms with E-state index < -0.39 is 10.7 Å². The second-order valence-corrected chi connectivity index (χ2v) is 5.90. The molecule has 0 saturated carbocycles. The molecule has 4 nitrogen and oxygen atoms in total. The van der Waals surface area contributed by atoms with Crippen molar-refractivity contribution in [3.05, 3.63) is 61.6 Å². The summed E-state index contributed by atoms with van der Waals surface area (Å²) >= 11 is 1.67. The van der Waals surface area contributed by atoms with Crippen molar-refractivity contribution in [2.24, 2.45) is 0 Å². The predicted octanol–water partition coefficient (Wildman–Crippen LogP) is 3.95. The smallest absolute Gasteiger partial charge is 0.274 e. The first-order valence-electron chi connectivity index (χ1n) is 6.20. The summed E-state index contributed by atoms with van der Waals surface area (Å²) in [6.45, 7) is 4.26. The van der Waals surface area contributed by atoms with Gasteiger partial charge in [0.2, 0.25) is 0 Å². The zero-order chi connectivity index (χ0) is 14.7. The number of hydrogen-bond donors (Lipinski definition) is 1. The van der Waals surface area contributed by atoms with Crippen molar-refractivity contribution in [2.45, 2.75) is 26.4 Å². The number of nitro benzene ring substituents is 1. The maximum absolute atomic E-state index is 13.2. The Bertz CT molecular complexity index is 627. The Hall–Kier alpha value is -1.79.